The second-order valence-corrected chi connectivity index (χ2v) is 8.70. The average molecular weight is 378 g/mol. The largest absolute Gasteiger partial charge is 0.379 e. The van der Waals surface area contributed by atoms with E-state index in [0.717, 1.165) is 30.4 Å². The van der Waals surface area contributed by atoms with E-state index in [2.05, 4.69) is 17.5 Å². The van der Waals surface area contributed by atoms with Gasteiger partial charge in [-0.1, -0.05) is 36.4 Å². The zero-order chi connectivity index (χ0) is 18.4. The van der Waals surface area contributed by atoms with Gasteiger partial charge in [-0.3, -0.25) is 4.79 Å². The summed E-state index contributed by atoms with van der Waals surface area (Å²) in [7, 11) is -3.39. The number of carbonyl (C=O) groups excluding carboxylic acids is 1. The Bertz CT molecular complexity index is 755. The van der Waals surface area contributed by atoms with Crippen molar-refractivity contribution in [1.82, 2.24) is 9.62 Å². The van der Waals surface area contributed by atoms with Crippen LogP contribution in [0.4, 0.5) is 0 Å². The molecule has 1 saturated heterocycles. The van der Waals surface area contributed by atoms with Crippen molar-refractivity contribution in [3.8, 4) is 0 Å². The van der Waals surface area contributed by atoms with Crippen LogP contribution in [0.15, 0.2) is 36.4 Å². The van der Waals surface area contributed by atoms with Crippen LogP contribution in [0.2, 0.25) is 0 Å². The van der Waals surface area contributed by atoms with Gasteiger partial charge in [0.1, 0.15) is 0 Å². The highest BCUT2D eigenvalue weighted by Crippen LogP contribution is 2.19. The highest BCUT2D eigenvalue weighted by molar-refractivity contribution is 7.88. The predicted molar refractivity (Wildman–Crippen MR) is 99.8 cm³/mol. The third-order valence-corrected chi connectivity index (χ3v) is 6.74. The van der Waals surface area contributed by atoms with Crippen molar-refractivity contribution in [1.29, 1.82) is 0 Å². The van der Waals surface area contributed by atoms with Gasteiger partial charge in [-0.25, -0.2) is 8.42 Å². The Balaban J connectivity index is 1.64. The SMILES string of the molecule is O=C(NCc1ccccc1CS(=O)(=O)N1CCOCC1)[C@H]1CC=CCC1. The zero-order valence-corrected chi connectivity index (χ0v) is 15.7. The molecule has 142 valence electrons. The Morgan fingerprint density at radius 1 is 1.15 bits per heavy atom. The summed E-state index contributed by atoms with van der Waals surface area (Å²) in [5.74, 6) is 0.00927. The van der Waals surface area contributed by atoms with Crippen LogP contribution in [0.5, 0.6) is 0 Å². The van der Waals surface area contributed by atoms with Crippen LogP contribution in [0.25, 0.3) is 0 Å². The van der Waals surface area contributed by atoms with Crippen LogP contribution in [-0.4, -0.2) is 44.9 Å². The molecule has 1 aromatic rings. The summed E-state index contributed by atoms with van der Waals surface area (Å²) < 4.78 is 32.1. The third kappa shape index (κ3) is 4.93. The smallest absolute Gasteiger partial charge is 0.223 e. The number of hydrogen-bond donors (Lipinski definition) is 1. The quantitative estimate of drug-likeness (QED) is 0.766. The molecule has 0 aromatic heterocycles. The predicted octanol–water partition coefficient (Wildman–Crippen LogP) is 1.82. The number of carbonyl (C=O) groups is 1. The van der Waals surface area contributed by atoms with Gasteiger partial charge in [0.15, 0.2) is 0 Å². The molecule has 1 amide bonds. The van der Waals surface area contributed by atoms with Gasteiger partial charge in [0.25, 0.3) is 0 Å². The number of morpholine rings is 1. The maximum atomic E-state index is 12.7. The number of hydrogen-bond acceptors (Lipinski definition) is 4. The van der Waals surface area contributed by atoms with E-state index >= 15 is 0 Å². The summed E-state index contributed by atoms with van der Waals surface area (Å²) in [6.45, 7) is 2.03. The van der Waals surface area contributed by atoms with Crippen LogP contribution >= 0.6 is 0 Å². The van der Waals surface area contributed by atoms with E-state index < -0.39 is 10.0 Å². The lowest BCUT2D eigenvalue weighted by molar-refractivity contribution is -0.125. The van der Waals surface area contributed by atoms with E-state index in [1.807, 2.05) is 24.3 Å². The normalized spacial score (nSPS) is 21.5. The van der Waals surface area contributed by atoms with Crippen molar-refractivity contribution in [2.45, 2.75) is 31.6 Å². The fraction of sp³-hybridized carbons (Fsp3) is 0.526. The molecule has 1 aliphatic carbocycles. The number of benzene rings is 1. The first-order valence-corrected chi connectivity index (χ1v) is 10.7. The maximum Gasteiger partial charge on any atom is 0.223 e. The summed E-state index contributed by atoms with van der Waals surface area (Å²) in [6.07, 6.45) is 6.74. The molecular weight excluding hydrogens is 352 g/mol. The number of rotatable bonds is 6. The van der Waals surface area contributed by atoms with Gasteiger partial charge < -0.3 is 10.1 Å². The van der Waals surface area contributed by atoms with Crippen molar-refractivity contribution >= 4 is 15.9 Å². The molecule has 0 spiro atoms. The topological polar surface area (TPSA) is 75.7 Å². The zero-order valence-electron chi connectivity index (χ0n) is 14.9. The minimum Gasteiger partial charge on any atom is -0.379 e. The molecule has 1 aliphatic heterocycles. The Morgan fingerprint density at radius 2 is 1.88 bits per heavy atom. The highest BCUT2D eigenvalue weighted by atomic mass is 32.2. The number of ether oxygens (including phenoxy) is 1. The standard InChI is InChI=1S/C19H26N2O4S/c22-19(16-6-2-1-3-7-16)20-14-17-8-4-5-9-18(17)15-26(23,24)21-10-12-25-13-11-21/h1-2,4-5,8-9,16H,3,6-7,10-15H2,(H,20,22)/t16-/m0/s1. The van der Waals surface area contributed by atoms with Crippen LogP contribution < -0.4 is 5.32 Å². The van der Waals surface area contributed by atoms with E-state index in [9.17, 15) is 13.2 Å². The van der Waals surface area contributed by atoms with Gasteiger partial charge in [0, 0.05) is 25.6 Å². The molecule has 26 heavy (non-hydrogen) atoms. The Kier molecular flexibility index (Phi) is 6.45. The number of nitrogens with one attached hydrogen (secondary N) is 1. The number of nitrogens with zero attached hydrogens (tertiary/aromatic N) is 1. The van der Waals surface area contributed by atoms with Crippen molar-refractivity contribution in [3.63, 3.8) is 0 Å². The van der Waals surface area contributed by atoms with E-state index in [4.69, 9.17) is 4.74 Å². The van der Waals surface area contributed by atoms with Gasteiger partial charge in [-0.15, -0.1) is 0 Å². The second-order valence-electron chi connectivity index (χ2n) is 6.74. The van der Waals surface area contributed by atoms with Crippen molar-refractivity contribution in [3.05, 3.63) is 47.5 Å². The summed E-state index contributed by atoms with van der Waals surface area (Å²) >= 11 is 0. The van der Waals surface area contributed by atoms with E-state index in [0.29, 0.717) is 32.8 Å². The van der Waals surface area contributed by atoms with Crippen LogP contribution in [-0.2, 0) is 31.9 Å². The first kappa shape index (κ1) is 19.1. The molecule has 1 heterocycles. The van der Waals surface area contributed by atoms with Crippen LogP contribution in [0, 0.1) is 5.92 Å². The lowest BCUT2D eigenvalue weighted by Gasteiger charge is -2.26. The van der Waals surface area contributed by atoms with Crippen molar-refractivity contribution in [2.75, 3.05) is 26.3 Å². The van der Waals surface area contributed by atoms with Gasteiger partial charge in [-0.2, -0.15) is 4.31 Å². The fourth-order valence-corrected chi connectivity index (χ4v) is 4.90. The Hall–Kier alpha value is -1.70. The molecule has 1 atom stereocenters. The molecule has 0 radical (unpaired) electrons. The average Bonchev–Trinajstić information content (AvgIpc) is 2.68. The lowest BCUT2D eigenvalue weighted by Crippen LogP contribution is -2.41. The van der Waals surface area contributed by atoms with E-state index in [1.54, 1.807) is 0 Å². The first-order valence-electron chi connectivity index (χ1n) is 9.11. The molecule has 3 rings (SSSR count). The summed E-state index contributed by atoms with van der Waals surface area (Å²) in [5.41, 5.74) is 1.59. The molecule has 1 N–H and O–H groups in total. The first-order chi connectivity index (χ1) is 12.6. The van der Waals surface area contributed by atoms with Gasteiger partial charge in [-0.05, 0) is 30.4 Å². The lowest BCUT2D eigenvalue weighted by atomic mass is 9.93. The molecule has 2 aliphatic rings. The van der Waals surface area contributed by atoms with E-state index in [1.165, 1.54) is 4.31 Å². The number of allylic oxidation sites excluding steroid dienone is 2. The van der Waals surface area contributed by atoms with Gasteiger partial charge in [0.05, 0.1) is 19.0 Å². The summed E-state index contributed by atoms with van der Waals surface area (Å²) in [4.78, 5) is 12.3. The molecule has 7 heteroatoms. The third-order valence-electron chi connectivity index (χ3n) is 4.91. The molecular formula is C19H26N2O4S. The molecule has 6 nitrogen and oxygen atoms in total. The Labute approximate surface area is 155 Å². The fourth-order valence-electron chi connectivity index (χ4n) is 3.34. The Morgan fingerprint density at radius 3 is 2.58 bits per heavy atom. The van der Waals surface area contributed by atoms with Crippen LogP contribution in [0.1, 0.15) is 30.4 Å². The second kappa shape index (κ2) is 8.79. The van der Waals surface area contributed by atoms with Gasteiger partial charge in [0.2, 0.25) is 15.9 Å². The number of sulfonamides is 1. The minimum absolute atomic E-state index is 0.0178. The molecule has 0 bridgehead atoms. The summed E-state index contributed by atoms with van der Waals surface area (Å²) in [6, 6.07) is 7.41. The molecule has 0 saturated carbocycles. The molecule has 0 unspecified atom stereocenters. The minimum atomic E-state index is -3.39. The number of amides is 1. The van der Waals surface area contributed by atoms with Crippen molar-refractivity contribution in [2.24, 2.45) is 5.92 Å². The molecule has 1 aromatic carbocycles. The van der Waals surface area contributed by atoms with E-state index in [-0.39, 0.29) is 17.6 Å². The van der Waals surface area contributed by atoms with Crippen molar-refractivity contribution < 1.29 is 17.9 Å². The van der Waals surface area contributed by atoms with Crippen LogP contribution in [0.3, 0.4) is 0 Å². The monoisotopic (exact) mass is 378 g/mol. The highest BCUT2D eigenvalue weighted by Gasteiger charge is 2.25. The maximum absolute atomic E-state index is 12.7. The van der Waals surface area contributed by atoms with Gasteiger partial charge >= 0.3 is 0 Å². The summed E-state index contributed by atoms with van der Waals surface area (Å²) in [5, 5.41) is 2.97. The molecule has 1 fully saturated rings.